The van der Waals surface area contributed by atoms with Crippen molar-refractivity contribution in [3.05, 3.63) is 57.8 Å². The molecule has 0 atom stereocenters. The van der Waals surface area contributed by atoms with Gasteiger partial charge in [0.15, 0.2) is 17.5 Å². The summed E-state index contributed by atoms with van der Waals surface area (Å²) in [6.07, 6.45) is 0.639. The zero-order valence-corrected chi connectivity index (χ0v) is 13.7. The third kappa shape index (κ3) is 4.47. The third-order valence-corrected chi connectivity index (χ3v) is 3.25. The molecule has 0 saturated carbocycles. The lowest BCUT2D eigenvalue weighted by atomic mass is 10.2. The molecule has 2 N–H and O–H groups in total. The highest BCUT2D eigenvalue weighted by Crippen LogP contribution is 2.19. The number of aromatic nitrogens is 2. The van der Waals surface area contributed by atoms with Gasteiger partial charge in [-0.2, -0.15) is 5.10 Å². The molecule has 0 aliphatic rings. The summed E-state index contributed by atoms with van der Waals surface area (Å²) in [5.74, 6) is -6.23. The van der Waals surface area contributed by atoms with Gasteiger partial charge in [0.25, 0.3) is 11.5 Å². The van der Waals surface area contributed by atoms with E-state index in [-0.39, 0.29) is 11.3 Å². The molecule has 0 saturated heterocycles. The number of carbonyl (C=O) groups excluding carboxylic acids is 2. The summed E-state index contributed by atoms with van der Waals surface area (Å²) in [4.78, 5) is 35.3. The number of carbonyl (C=O) groups is 2. The Morgan fingerprint density at radius 2 is 1.85 bits per heavy atom. The molecule has 0 aliphatic heterocycles. The fourth-order valence-electron chi connectivity index (χ4n) is 2.01. The standard InChI is InChI=1S/C16H15F3N4O3/c1-2-7-23-13(25)6-5-11(22-23)16(26)20-8-12(24)21-10-4-3-9(17)14(18)15(10)19/h3-6H,2,7-8H2,1H3,(H,20,26)(H,21,24). The number of aryl methyl sites for hydroxylation is 1. The minimum atomic E-state index is -1.71. The van der Waals surface area contributed by atoms with Crippen LogP contribution in [0.2, 0.25) is 0 Å². The van der Waals surface area contributed by atoms with Crippen molar-refractivity contribution in [3.63, 3.8) is 0 Å². The number of benzene rings is 1. The molecule has 10 heteroatoms. The number of halogens is 3. The van der Waals surface area contributed by atoms with E-state index in [0.717, 1.165) is 10.7 Å². The number of amides is 2. The SMILES string of the molecule is CCCn1nc(C(=O)NCC(=O)Nc2ccc(F)c(F)c2F)ccc1=O. The van der Waals surface area contributed by atoms with Crippen LogP contribution in [0.5, 0.6) is 0 Å². The lowest BCUT2D eigenvalue weighted by Crippen LogP contribution is -2.35. The van der Waals surface area contributed by atoms with Gasteiger partial charge in [-0.3, -0.25) is 14.4 Å². The molecule has 26 heavy (non-hydrogen) atoms. The summed E-state index contributed by atoms with van der Waals surface area (Å²) in [6, 6.07) is 3.90. The number of nitrogens with zero attached hydrogens (tertiary/aromatic N) is 2. The van der Waals surface area contributed by atoms with E-state index in [2.05, 4.69) is 10.4 Å². The maximum absolute atomic E-state index is 13.5. The van der Waals surface area contributed by atoms with Gasteiger partial charge in [-0.1, -0.05) is 6.92 Å². The molecular weight excluding hydrogens is 353 g/mol. The van der Waals surface area contributed by atoms with E-state index in [9.17, 15) is 27.6 Å². The van der Waals surface area contributed by atoms with Crippen LogP contribution in [-0.4, -0.2) is 28.1 Å². The Kier molecular flexibility index (Phi) is 6.10. The Balaban J connectivity index is 1.99. The van der Waals surface area contributed by atoms with Gasteiger partial charge in [0, 0.05) is 12.6 Å². The first-order valence-corrected chi connectivity index (χ1v) is 7.63. The largest absolute Gasteiger partial charge is 0.342 e. The van der Waals surface area contributed by atoms with Gasteiger partial charge in [-0.25, -0.2) is 17.9 Å². The summed E-state index contributed by atoms with van der Waals surface area (Å²) in [5.41, 5.74) is -1.00. The van der Waals surface area contributed by atoms with Crippen LogP contribution in [0.4, 0.5) is 18.9 Å². The molecule has 1 aromatic carbocycles. The highest BCUT2D eigenvalue weighted by molar-refractivity contribution is 5.98. The Morgan fingerprint density at radius 1 is 1.12 bits per heavy atom. The average molecular weight is 368 g/mol. The van der Waals surface area contributed by atoms with Crippen molar-refractivity contribution >= 4 is 17.5 Å². The van der Waals surface area contributed by atoms with Crippen LogP contribution in [-0.2, 0) is 11.3 Å². The average Bonchev–Trinajstić information content (AvgIpc) is 2.62. The summed E-state index contributed by atoms with van der Waals surface area (Å²) in [6.45, 7) is 1.60. The molecular formula is C16H15F3N4O3. The molecule has 2 amide bonds. The van der Waals surface area contributed by atoms with Crippen molar-refractivity contribution in [2.24, 2.45) is 0 Å². The van der Waals surface area contributed by atoms with Crippen molar-refractivity contribution < 1.29 is 22.8 Å². The van der Waals surface area contributed by atoms with Gasteiger partial charge in [0.05, 0.1) is 12.2 Å². The number of nitrogens with one attached hydrogen (secondary N) is 2. The van der Waals surface area contributed by atoms with Gasteiger partial charge in [-0.05, 0) is 24.6 Å². The van der Waals surface area contributed by atoms with Crippen molar-refractivity contribution in [2.45, 2.75) is 19.9 Å². The quantitative estimate of drug-likeness (QED) is 0.755. The Hall–Kier alpha value is -3.17. The van der Waals surface area contributed by atoms with Crippen LogP contribution >= 0.6 is 0 Å². The molecule has 0 unspecified atom stereocenters. The van der Waals surface area contributed by atoms with Crippen LogP contribution < -0.4 is 16.2 Å². The molecule has 7 nitrogen and oxygen atoms in total. The molecule has 0 fully saturated rings. The molecule has 138 valence electrons. The zero-order valence-electron chi connectivity index (χ0n) is 13.7. The second-order valence-electron chi connectivity index (χ2n) is 5.23. The van der Waals surface area contributed by atoms with Crippen LogP contribution in [0.1, 0.15) is 23.8 Å². The van der Waals surface area contributed by atoms with Crippen molar-refractivity contribution in [3.8, 4) is 0 Å². The lowest BCUT2D eigenvalue weighted by Gasteiger charge is -2.09. The van der Waals surface area contributed by atoms with Crippen LogP contribution in [0.3, 0.4) is 0 Å². The summed E-state index contributed by atoms with van der Waals surface area (Å²) in [7, 11) is 0. The topological polar surface area (TPSA) is 93.1 Å². The van der Waals surface area contributed by atoms with E-state index < -0.39 is 41.5 Å². The fourth-order valence-corrected chi connectivity index (χ4v) is 2.01. The highest BCUT2D eigenvalue weighted by Gasteiger charge is 2.16. The highest BCUT2D eigenvalue weighted by atomic mass is 19.2. The minimum absolute atomic E-state index is 0.0788. The normalized spacial score (nSPS) is 10.5. The number of rotatable bonds is 6. The number of anilines is 1. The monoisotopic (exact) mass is 368 g/mol. The van der Waals surface area contributed by atoms with Crippen LogP contribution in [0, 0.1) is 17.5 Å². The van der Waals surface area contributed by atoms with Crippen LogP contribution in [0.25, 0.3) is 0 Å². The minimum Gasteiger partial charge on any atom is -0.342 e. The molecule has 0 radical (unpaired) electrons. The summed E-state index contributed by atoms with van der Waals surface area (Å²) < 4.78 is 40.5. The predicted octanol–water partition coefficient (Wildman–Crippen LogP) is 1.44. The summed E-state index contributed by atoms with van der Waals surface area (Å²) >= 11 is 0. The molecule has 2 rings (SSSR count). The van der Waals surface area contributed by atoms with Gasteiger partial charge < -0.3 is 10.6 Å². The number of hydrogen-bond donors (Lipinski definition) is 2. The van der Waals surface area contributed by atoms with E-state index in [1.807, 2.05) is 12.2 Å². The smallest absolute Gasteiger partial charge is 0.272 e. The maximum atomic E-state index is 13.5. The fraction of sp³-hybridized carbons (Fsp3) is 0.250. The molecule has 0 aliphatic carbocycles. The van der Waals surface area contributed by atoms with Crippen molar-refractivity contribution in [2.75, 3.05) is 11.9 Å². The van der Waals surface area contributed by atoms with Crippen molar-refractivity contribution in [1.82, 2.24) is 15.1 Å². The van der Waals surface area contributed by atoms with E-state index in [4.69, 9.17) is 0 Å². The van der Waals surface area contributed by atoms with Crippen LogP contribution in [0.15, 0.2) is 29.1 Å². The molecule has 1 heterocycles. The maximum Gasteiger partial charge on any atom is 0.272 e. The second kappa shape index (κ2) is 8.28. The van der Waals surface area contributed by atoms with Gasteiger partial charge >= 0.3 is 0 Å². The van der Waals surface area contributed by atoms with E-state index in [1.165, 1.54) is 12.1 Å². The molecule has 0 bridgehead atoms. The molecule has 0 spiro atoms. The first kappa shape index (κ1) is 19.2. The molecule has 1 aromatic heterocycles. The van der Waals surface area contributed by atoms with E-state index in [1.54, 1.807) is 0 Å². The second-order valence-corrected chi connectivity index (χ2v) is 5.23. The number of hydrogen-bond acceptors (Lipinski definition) is 4. The first-order valence-electron chi connectivity index (χ1n) is 7.63. The van der Waals surface area contributed by atoms with E-state index in [0.29, 0.717) is 19.0 Å². The first-order chi connectivity index (χ1) is 12.3. The third-order valence-electron chi connectivity index (χ3n) is 3.25. The van der Waals surface area contributed by atoms with Gasteiger partial charge in [0.2, 0.25) is 5.91 Å². The van der Waals surface area contributed by atoms with E-state index >= 15 is 0 Å². The molecule has 2 aromatic rings. The van der Waals surface area contributed by atoms with Crippen molar-refractivity contribution in [1.29, 1.82) is 0 Å². The predicted molar refractivity (Wildman–Crippen MR) is 86.1 cm³/mol. The van der Waals surface area contributed by atoms with Gasteiger partial charge in [0.1, 0.15) is 5.69 Å². The Bertz CT molecular complexity index is 899. The zero-order chi connectivity index (χ0) is 19.3. The lowest BCUT2D eigenvalue weighted by molar-refractivity contribution is -0.115. The summed E-state index contributed by atoms with van der Waals surface area (Å²) in [5, 5.41) is 8.12. The van der Waals surface area contributed by atoms with Gasteiger partial charge in [-0.15, -0.1) is 0 Å². The Morgan fingerprint density at radius 3 is 2.54 bits per heavy atom. The Labute approximate surface area is 145 Å².